The molecule has 6 nitrogen and oxygen atoms in total. The Bertz CT molecular complexity index is 970. The molecule has 0 saturated carbocycles. The second-order valence-corrected chi connectivity index (χ2v) is 10.7. The third-order valence-corrected chi connectivity index (χ3v) is 8.26. The van der Waals surface area contributed by atoms with Crippen molar-refractivity contribution in [2.24, 2.45) is 0 Å². The predicted molar refractivity (Wildman–Crippen MR) is 129 cm³/mol. The van der Waals surface area contributed by atoms with Crippen LogP contribution >= 0.6 is 61.7 Å². The molecule has 158 valence electrons. The first kappa shape index (κ1) is 23.1. The summed E-state index contributed by atoms with van der Waals surface area (Å²) in [5, 5.41) is 1.57. The molecule has 1 fully saturated rings. The monoisotopic (exact) mass is 614 g/mol. The molecule has 1 aliphatic heterocycles. The van der Waals surface area contributed by atoms with E-state index in [0.29, 0.717) is 17.4 Å². The highest BCUT2D eigenvalue weighted by Gasteiger charge is 2.39. The van der Waals surface area contributed by atoms with E-state index in [-0.39, 0.29) is 23.5 Å². The summed E-state index contributed by atoms with van der Waals surface area (Å²) in [6.07, 6.45) is 0.495. The molecular formula is C19H22BrCl2IN4O2. The van der Waals surface area contributed by atoms with Crippen LogP contribution in [0.5, 0.6) is 0 Å². The second kappa shape index (κ2) is 8.51. The normalized spacial score (nSPS) is 19.7. The van der Waals surface area contributed by atoms with Crippen LogP contribution in [-0.2, 0) is 4.74 Å². The van der Waals surface area contributed by atoms with E-state index in [2.05, 4.69) is 53.4 Å². The molecule has 2 unspecified atom stereocenters. The third-order valence-electron chi connectivity index (χ3n) is 4.95. The fraction of sp³-hybridized carbons (Fsp3) is 0.526. The van der Waals surface area contributed by atoms with Crippen LogP contribution in [0.1, 0.15) is 34.1 Å². The van der Waals surface area contributed by atoms with Crippen LogP contribution in [0.2, 0.25) is 10.3 Å². The number of likely N-dealkylation sites (N-methyl/N-ethyl adjacent to an activating group) is 1. The number of nitrogens with zero attached hydrogens (tertiary/aromatic N) is 4. The van der Waals surface area contributed by atoms with Crippen molar-refractivity contribution in [1.29, 1.82) is 0 Å². The van der Waals surface area contributed by atoms with Gasteiger partial charge in [-0.2, -0.15) is 4.98 Å². The van der Waals surface area contributed by atoms with Crippen LogP contribution in [0.4, 0.5) is 10.6 Å². The van der Waals surface area contributed by atoms with E-state index >= 15 is 0 Å². The molecule has 3 rings (SSSR count). The molecule has 1 aliphatic rings. The van der Waals surface area contributed by atoms with Crippen molar-refractivity contribution < 1.29 is 9.53 Å². The van der Waals surface area contributed by atoms with Gasteiger partial charge in [0.25, 0.3) is 0 Å². The number of halogens is 4. The molecule has 2 aromatic rings. The molecule has 0 aliphatic carbocycles. The zero-order valence-electron chi connectivity index (χ0n) is 16.8. The molecule has 0 N–H and O–H groups in total. The summed E-state index contributed by atoms with van der Waals surface area (Å²) >= 11 is 18.3. The Hall–Kier alpha value is -0.580. The van der Waals surface area contributed by atoms with Gasteiger partial charge in [0.1, 0.15) is 11.4 Å². The van der Waals surface area contributed by atoms with Gasteiger partial charge in [0, 0.05) is 19.0 Å². The van der Waals surface area contributed by atoms with Gasteiger partial charge in [0.2, 0.25) is 5.28 Å². The van der Waals surface area contributed by atoms with Crippen molar-refractivity contribution in [3.05, 3.63) is 24.4 Å². The molecule has 1 aromatic heterocycles. The van der Waals surface area contributed by atoms with Crippen LogP contribution in [0, 0.1) is 3.57 Å². The van der Waals surface area contributed by atoms with E-state index in [1.165, 1.54) is 0 Å². The van der Waals surface area contributed by atoms with Crippen LogP contribution in [0.25, 0.3) is 10.9 Å². The lowest BCUT2D eigenvalue weighted by Crippen LogP contribution is -2.45. The maximum absolute atomic E-state index is 12.6. The van der Waals surface area contributed by atoms with Crippen molar-refractivity contribution in [2.75, 3.05) is 18.5 Å². The first-order chi connectivity index (χ1) is 13.4. The summed E-state index contributed by atoms with van der Waals surface area (Å²) in [4.78, 5) is 25.3. The number of anilines is 1. The number of ether oxygens (including phenoxy) is 1. The number of carbonyl (C=O) groups is 1. The summed E-state index contributed by atoms with van der Waals surface area (Å²) in [7, 11) is 1.96. The van der Waals surface area contributed by atoms with Crippen molar-refractivity contribution in [3.8, 4) is 0 Å². The lowest BCUT2D eigenvalue weighted by atomic mass is 10.1. The smallest absolute Gasteiger partial charge is 0.410 e. The summed E-state index contributed by atoms with van der Waals surface area (Å²) < 4.78 is 7.21. The highest BCUT2D eigenvalue weighted by Crippen LogP contribution is 2.38. The zero-order chi connectivity index (χ0) is 21.7. The topological polar surface area (TPSA) is 58.6 Å². The Morgan fingerprint density at radius 2 is 2.03 bits per heavy atom. The molecule has 2 atom stereocenters. The molecule has 10 heteroatoms. The van der Waals surface area contributed by atoms with Crippen molar-refractivity contribution in [2.45, 2.75) is 51.8 Å². The van der Waals surface area contributed by atoms with Crippen LogP contribution in [0.15, 0.2) is 10.5 Å². The Morgan fingerprint density at radius 3 is 2.66 bits per heavy atom. The van der Waals surface area contributed by atoms with Crippen LogP contribution in [-0.4, -0.2) is 52.2 Å². The van der Waals surface area contributed by atoms with Gasteiger partial charge in [-0.3, -0.25) is 0 Å². The van der Waals surface area contributed by atoms with Gasteiger partial charge in [0.15, 0.2) is 0 Å². The van der Waals surface area contributed by atoms with Crippen LogP contribution in [0.3, 0.4) is 0 Å². The zero-order valence-corrected chi connectivity index (χ0v) is 22.0. The molecule has 0 spiro atoms. The van der Waals surface area contributed by atoms with E-state index in [4.69, 9.17) is 27.9 Å². The van der Waals surface area contributed by atoms with Gasteiger partial charge in [-0.25, -0.2) is 9.78 Å². The van der Waals surface area contributed by atoms with E-state index in [1.807, 2.05) is 40.8 Å². The molecule has 29 heavy (non-hydrogen) atoms. The summed E-state index contributed by atoms with van der Waals surface area (Å²) in [5.74, 6) is 0.690. The maximum Gasteiger partial charge on any atom is 0.410 e. The van der Waals surface area contributed by atoms with Gasteiger partial charge in [-0.1, -0.05) is 11.6 Å². The van der Waals surface area contributed by atoms with E-state index in [9.17, 15) is 4.79 Å². The minimum absolute atomic E-state index is 0.0522. The van der Waals surface area contributed by atoms with Crippen molar-refractivity contribution >= 4 is 84.5 Å². The molecular weight excluding hydrogens is 594 g/mol. The average molecular weight is 616 g/mol. The summed E-state index contributed by atoms with van der Waals surface area (Å²) in [5.41, 5.74) is 0.205. The minimum atomic E-state index is -0.530. The van der Waals surface area contributed by atoms with Crippen molar-refractivity contribution in [1.82, 2.24) is 14.9 Å². The molecule has 1 aromatic carbocycles. The van der Waals surface area contributed by atoms with Crippen molar-refractivity contribution in [3.63, 3.8) is 0 Å². The predicted octanol–water partition coefficient (Wildman–Crippen LogP) is 6.14. The van der Waals surface area contributed by atoms with Gasteiger partial charge in [-0.15, -0.1) is 0 Å². The largest absolute Gasteiger partial charge is 0.444 e. The minimum Gasteiger partial charge on any atom is -0.444 e. The molecule has 1 saturated heterocycles. The fourth-order valence-electron chi connectivity index (χ4n) is 3.58. The maximum atomic E-state index is 12.6. The number of aromatic nitrogens is 2. The first-order valence-corrected chi connectivity index (χ1v) is 11.8. The number of carbonyl (C=O) groups excluding carboxylic acids is 1. The van der Waals surface area contributed by atoms with E-state index in [1.54, 1.807) is 4.90 Å². The quantitative estimate of drug-likeness (QED) is 0.231. The average Bonchev–Trinajstić information content (AvgIpc) is 2.99. The highest BCUT2D eigenvalue weighted by molar-refractivity contribution is 14.1. The third kappa shape index (κ3) is 4.70. The van der Waals surface area contributed by atoms with E-state index in [0.717, 1.165) is 25.4 Å². The summed E-state index contributed by atoms with van der Waals surface area (Å²) in [6, 6.07) is 1.84. The molecule has 0 bridgehead atoms. The van der Waals surface area contributed by atoms with Gasteiger partial charge in [-0.05, 0) is 90.3 Å². The highest BCUT2D eigenvalue weighted by atomic mass is 127. The SMILES string of the molecule is CC1C(N(C)c2nc(Cl)nc3c(I)c(Br)c(Cl)cc23)CCN1C(=O)OC(C)(C)C. The molecule has 1 amide bonds. The summed E-state index contributed by atoms with van der Waals surface area (Å²) in [6.45, 7) is 8.25. The second-order valence-electron chi connectivity index (χ2n) is 8.08. The number of fused-ring (bicyclic) bond motifs is 1. The standard InChI is InChI=1S/C19H22BrCl2IN4O2/c1-9-12(6-7-27(9)18(28)29-19(2,3)4)26(5)16-10-8-11(21)13(20)14(23)15(10)24-17(22)25-16/h8-9,12H,6-7H2,1-5H3. The fourth-order valence-corrected chi connectivity index (χ4v) is 5.11. The molecule has 0 radical (unpaired) electrons. The number of rotatable bonds is 2. The Labute approximate surface area is 202 Å². The number of benzene rings is 1. The Kier molecular flexibility index (Phi) is 6.78. The van der Waals surface area contributed by atoms with E-state index < -0.39 is 5.60 Å². The lowest BCUT2D eigenvalue weighted by Gasteiger charge is -2.33. The van der Waals surface area contributed by atoms with Gasteiger partial charge < -0.3 is 14.5 Å². The number of likely N-dealkylation sites (tertiary alicyclic amines) is 1. The Balaban J connectivity index is 1.96. The number of hydrogen-bond donors (Lipinski definition) is 0. The van der Waals surface area contributed by atoms with Gasteiger partial charge in [0.05, 0.1) is 30.7 Å². The molecule has 2 heterocycles. The van der Waals surface area contributed by atoms with Gasteiger partial charge >= 0.3 is 6.09 Å². The number of hydrogen-bond acceptors (Lipinski definition) is 5. The van der Waals surface area contributed by atoms with Crippen LogP contribution < -0.4 is 4.90 Å². The number of amides is 1. The lowest BCUT2D eigenvalue weighted by molar-refractivity contribution is 0.0233. The Morgan fingerprint density at radius 1 is 1.38 bits per heavy atom. The first-order valence-electron chi connectivity index (χ1n) is 9.14.